The summed E-state index contributed by atoms with van der Waals surface area (Å²) in [7, 11) is 4.09. The highest BCUT2D eigenvalue weighted by molar-refractivity contribution is 5.93. The first-order valence-corrected chi connectivity index (χ1v) is 6.68. The molecular weight excluding hydrogens is 234 g/mol. The molecule has 0 radical (unpaired) electrons. The molecule has 0 unspecified atom stereocenters. The summed E-state index contributed by atoms with van der Waals surface area (Å²) in [6, 6.07) is 2.11. The first-order valence-electron chi connectivity index (χ1n) is 6.68. The highest BCUT2D eigenvalue weighted by Crippen LogP contribution is 2.30. The maximum atomic E-state index is 4.53. The lowest BCUT2D eigenvalue weighted by molar-refractivity contribution is 0.813. The Balaban J connectivity index is 2.74. The number of hydrogen-bond donors (Lipinski definition) is 0. The fourth-order valence-corrected chi connectivity index (χ4v) is 2.41. The average molecular weight is 257 g/mol. The Kier molecular flexibility index (Phi) is 3.65. The van der Waals surface area contributed by atoms with Crippen LogP contribution in [0.1, 0.15) is 25.1 Å². The third-order valence-corrected chi connectivity index (χ3v) is 3.63. The fraction of sp³-hybridized carbons (Fsp3) is 0.438. The zero-order valence-electron chi connectivity index (χ0n) is 12.8. The van der Waals surface area contributed by atoms with E-state index >= 15 is 0 Å². The van der Waals surface area contributed by atoms with E-state index in [1.165, 1.54) is 27.7 Å². The number of aromatic nitrogens is 2. The van der Waals surface area contributed by atoms with Crippen LogP contribution in [-0.4, -0.2) is 23.6 Å². The molecule has 2 aromatic heterocycles. The molecule has 0 aliphatic heterocycles. The van der Waals surface area contributed by atoms with Crippen LogP contribution in [0.15, 0.2) is 23.9 Å². The minimum Gasteiger partial charge on any atom is -0.361 e. The minimum atomic E-state index is 0.908. The van der Waals surface area contributed by atoms with E-state index in [-0.39, 0.29) is 0 Å². The van der Waals surface area contributed by atoms with Crippen LogP contribution in [0.2, 0.25) is 0 Å². The lowest BCUT2D eigenvalue weighted by Crippen LogP contribution is -2.12. The second-order valence-corrected chi connectivity index (χ2v) is 5.53. The number of rotatable bonds is 3. The molecule has 0 amide bonds. The van der Waals surface area contributed by atoms with E-state index in [1.54, 1.807) is 0 Å². The lowest BCUT2D eigenvalue weighted by atomic mass is 10.2. The van der Waals surface area contributed by atoms with Crippen LogP contribution in [0.3, 0.4) is 0 Å². The molecule has 0 bridgehead atoms. The Labute approximate surface area is 115 Å². The zero-order valence-corrected chi connectivity index (χ0v) is 12.8. The summed E-state index contributed by atoms with van der Waals surface area (Å²) in [4.78, 5) is 6.62. The van der Waals surface area contributed by atoms with Gasteiger partial charge in [-0.1, -0.05) is 11.6 Å². The normalized spacial score (nSPS) is 10.8. The third kappa shape index (κ3) is 2.37. The van der Waals surface area contributed by atoms with E-state index in [0.29, 0.717) is 0 Å². The van der Waals surface area contributed by atoms with Crippen molar-refractivity contribution in [2.75, 3.05) is 19.0 Å². The van der Waals surface area contributed by atoms with Gasteiger partial charge in [0.25, 0.3) is 0 Å². The molecule has 2 aromatic rings. The second kappa shape index (κ2) is 5.08. The van der Waals surface area contributed by atoms with Crippen molar-refractivity contribution in [1.29, 1.82) is 0 Å². The number of fused-ring (bicyclic) bond motifs is 1. The fourth-order valence-electron chi connectivity index (χ4n) is 2.41. The molecule has 102 valence electrons. The molecule has 0 N–H and O–H groups in total. The Hall–Kier alpha value is -1.77. The third-order valence-electron chi connectivity index (χ3n) is 3.63. The average Bonchev–Trinajstić information content (AvgIpc) is 2.60. The first kappa shape index (κ1) is 13.7. The van der Waals surface area contributed by atoms with Crippen molar-refractivity contribution in [1.82, 2.24) is 9.55 Å². The van der Waals surface area contributed by atoms with Gasteiger partial charge >= 0.3 is 0 Å². The van der Waals surface area contributed by atoms with Crippen molar-refractivity contribution < 1.29 is 0 Å². The molecule has 2 heterocycles. The Morgan fingerprint density at radius 3 is 2.58 bits per heavy atom. The zero-order chi connectivity index (χ0) is 14.2. The van der Waals surface area contributed by atoms with Gasteiger partial charge in [-0.05, 0) is 39.3 Å². The van der Waals surface area contributed by atoms with Crippen LogP contribution in [0, 0.1) is 13.8 Å². The predicted molar refractivity (Wildman–Crippen MR) is 83.0 cm³/mol. The van der Waals surface area contributed by atoms with Gasteiger partial charge in [0.2, 0.25) is 0 Å². The number of anilines is 1. The van der Waals surface area contributed by atoms with Gasteiger partial charge in [0.1, 0.15) is 0 Å². The van der Waals surface area contributed by atoms with Gasteiger partial charge in [-0.2, -0.15) is 0 Å². The standard InChI is InChI=1S/C16H23N3/c1-11(2)8-10-19-13(4)12(3)14-7-9-17-16(15(14)19)18(5)6/h7-9H,10H2,1-6H3. The number of allylic oxidation sites excluding steroid dienone is 2. The highest BCUT2D eigenvalue weighted by Gasteiger charge is 2.15. The van der Waals surface area contributed by atoms with Crippen LogP contribution < -0.4 is 4.90 Å². The summed E-state index contributed by atoms with van der Waals surface area (Å²) in [6.45, 7) is 9.56. The van der Waals surface area contributed by atoms with E-state index in [0.717, 1.165) is 12.4 Å². The van der Waals surface area contributed by atoms with Crippen LogP contribution >= 0.6 is 0 Å². The van der Waals surface area contributed by atoms with Gasteiger partial charge in [-0.15, -0.1) is 0 Å². The van der Waals surface area contributed by atoms with Crippen LogP contribution in [0.5, 0.6) is 0 Å². The van der Waals surface area contributed by atoms with Gasteiger partial charge in [0.05, 0.1) is 5.52 Å². The largest absolute Gasteiger partial charge is 0.361 e. The molecule has 0 aliphatic rings. The number of aryl methyl sites for hydroxylation is 1. The van der Waals surface area contributed by atoms with Gasteiger partial charge in [0, 0.05) is 37.9 Å². The molecule has 0 fully saturated rings. The van der Waals surface area contributed by atoms with Gasteiger partial charge < -0.3 is 9.47 Å². The number of hydrogen-bond acceptors (Lipinski definition) is 2. The van der Waals surface area contributed by atoms with Gasteiger partial charge in [-0.3, -0.25) is 0 Å². The number of nitrogens with zero attached hydrogens (tertiary/aromatic N) is 3. The summed E-state index contributed by atoms with van der Waals surface area (Å²) in [5, 5.41) is 1.30. The van der Waals surface area contributed by atoms with Crippen molar-refractivity contribution in [3.8, 4) is 0 Å². The summed E-state index contributed by atoms with van der Waals surface area (Å²) in [6.07, 6.45) is 4.16. The summed E-state index contributed by atoms with van der Waals surface area (Å²) in [5.74, 6) is 1.04. The molecule has 0 saturated carbocycles. The summed E-state index contributed by atoms with van der Waals surface area (Å²) >= 11 is 0. The summed E-state index contributed by atoms with van der Waals surface area (Å²) in [5.41, 5.74) is 5.25. The minimum absolute atomic E-state index is 0.908. The molecular formula is C16H23N3. The van der Waals surface area contributed by atoms with Crippen LogP contribution in [0.4, 0.5) is 5.82 Å². The van der Waals surface area contributed by atoms with E-state index in [2.05, 4.69) is 54.3 Å². The van der Waals surface area contributed by atoms with Gasteiger partial charge in [0.15, 0.2) is 5.82 Å². The van der Waals surface area contributed by atoms with E-state index in [1.807, 2.05) is 20.3 Å². The molecule has 2 rings (SSSR count). The molecule has 19 heavy (non-hydrogen) atoms. The molecule has 0 spiro atoms. The second-order valence-electron chi connectivity index (χ2n) is 5.53. The van der Waals surface area contributed by atoms with Crippen LogP contribution in [0.25, 0.3) is 10.9 Å². The van der Waals surface area contributed by atoms with E-state index < -0.39 is 0 Å². The Morgan fingerprint density at radius 2 is 2.00 bits per heavy atom. The molecule has 3 nitrogen and oxygen atoms in total. The van der Waals surface area contributed by atoms with E-state index in [4.69, 9.17) is 0 Å². The van der Waals surface area contributed by atoms with Crippen molar-refractivity contribution in [3.05, 3.63) is 35.2 Å². The summed E-state index contributed by atoms with van der Waals surface area (Å²) < 4.78 is 2.36. The monoisotopic (exact) mass is 257 g/mol. The Morgan fingerprint density at radius 1 is 1.32 bits per heavy atom. The topological polar surface area (TPSA) is 21.1 Å². The van der Waals surface area contributed by atoms with Crippen molar-refractivity contribution in [2.24, 2.45) is 0 Å². The van der Waals surface area contributed by atoms with E-state index in [9.17, 15) is 0 Å². The molecule has 0 aromatic carbocycles. The van der Waals surface area contributed by atoms with Crippen molar-refractivity contribution >= 4 is 16.7 Å². The first-order chi connectivity index (χ1) is 8.93. The molecule has 0 saturated heterocycles. The van der Waals surface area contributed by atoms with Crippen molar-refractivity contribution in [3.63, 3.8) is 0 Å². The molecule has 0 aliphatic carbocycles. The van der Waals surface area contributed by atoms with Crippen LogP contribution in [-0.2, 0) is 6.54 Å². The molecule has 0 atom stereocenters. The highest BCUT2D eigenvalue weighted by atomic mass is 15.2. The Bertz CT molecular complexity index is 629. The molecule has 3 heteroatoms. The maximum absolute atomic E-state index is 4.53. The maximum Gasteiger partial charge on any atom is 0.152 e. The quantitative estimate of drug-likeness (QED) is 0.782. The number of pyridine rings is 1. The SMILES string of the molecule is CC(C)=CCn1c(C)c(C)c2ccnc(N(C)C)c21. The van der Waals surface area contributed by atoms with Gasteiger partial charge in [-0.25, -0.2) is 4.98 Å². The smallest absolute Gasteiger partial charge is 0.152 e. The lowest BCUT2D eigenvalue weighted by Gasteiger charge is -2.15. The van der Waals surface area contributed by atoms with Crippen molar-refractivity contribution in [2.45, 2.75) is 34.2 Å². The predicted octanol–water partition coefficient (Wildman–Crippen LogP) is 3.69.